The summed E-state index contributed by atoms with van der Waals surface area (Å²) >= 11 is 0. The van der Waals surface area contributed by atoms with Crippen LogP contribution in [0.2, 0.25) is 6.04 Å². The minimum atomic E-state index is -0.247. The standard InChI is InChI=1S/C15H34O2Si/c1-3-5-6-7-8-9-10-11-12-15-18-17-14-13-16-4-2/h3-15,18H2,1-2H3. The second kappa shape index (κ2) is 17.1. The molecule has 0 saturated heterocycles. The van der Waals surface area contributed by atoms with Crippen LogP contribution in [-0.4, -0.2) is 29.6 Å². The number of hydrogen-bond acceptors (Lipinski definition) is 2. The zero-order chi connectivity index (χ0) is 13.3. The highest BCUT2D eigenvalue weighted by molar-refractivity contribution is 6.26. The van der Waals surface area contributed by atoms with E-state index >= 15 is 0 Å². The Balaban J connectivity index is 2.86. The Bertz CT molecular complexity index is 126. The molecular formula is C15H34O2Si. The number of unbranched alkanes of at least 4 members (excludes halogenated alkanes) is 8. The van der Waals surface area contributed by atoms with Gasteiger partial charge in [-0.3, -0.25) is 0 Å². The lowest BCUT2D eigenvalue weighted by atomic mass is 10.1. The Morgan fingerprint density at radius 1 is 0.722 bits per heavy atom. The molecule has 0 fully saturated rings. The summed E-state index contributed by atoms with van der Waals surface area (Å²) in [5, 5.41) is 0. The average molecular weight is 275 g/mol. The Labute approximate surface area is 117 Å². The van der Waals surface area contributed by atoms with Crippen LogP contribution in [-0.2, 0) is 9.16 Å². The topological polar surface area (TPSA) is 18.5 Å². The van der Waals surface area contributed by atoms with Gasteiger partial charge in [-0.2, -0.15) is 0 Å². The summed E-state index contributed by atoms with van der Waals surface area (Å²) in [6, 6.07) is 1.35. The fraction of sp³-hybridized carbons (Fsp3) is 1.00. The van der Waals surface area contributed by atoms with Crippen molar-refractivity contribution >= 4 is 9.76 Å². The molecule has 0 atom stereocenters. The van der Waals surface area contributed by atoms with E-state index in [9.17, 15) is 0 Å². The molecule has 0 aromatic carbocycles. The molecule has 0 aliphatic heterocycles. The quantitative estimate of drug-likeness (QED) is 0.331. The minimum absolute atomic E-state index is 0.247. The Morgan fingerprint density at radius 2 is 1.33 bits per heavy atom. The van der Waals surface area contributed by atoms with Gasteiger partial charge >= 0.3 is 0 Å². The van der Waals surface area contributed by atoms with Crippen LogP contribution in [0.1, 0.15) is 71.6 Å². The highest BCUT2D eigenvalue weighted by Gasteiger charge is 1.94. The number of rotatable bonds is 15. The Hall–Kier alpha value is 0.137. The van der Waals surface area contributed by atoms with Crippen molar-refractivity contribution in [3.63, 3.8) is 0 Å². The van der Waals surface area contributed by atoms with Gasteiger partial charge in [-0.25, -0.2) is 0 Å². The summed E-state index contributed by atoms with van der Waals surface area (Å²) in [6.07, 6.45) is 12.8. The second-order valence-electron chi connectivity index (χ2n) is 4.99. The molecule has 0 aliphatic rings. The summed E-state index contributed by atoms with van der Waals surface area (Å²) in [5.74, 6) is 0. The van der Waals surface area contributed by atoms with Crippen LogP contribution < -0.4 is 0 Å². The SMILES string of the molecule is CCCCCCCCCCC[SiH2]OCCOCC. The van der Waals surface area contributed by atoms with Gasteiger partial charge in [-0.15, -0.1) is 0 Å². The van der Waals surface area contributed by atoms with Crippen molar-refractivity contribution < 1.29 is 9.16 Å². The minimum Gasteiger partial charge on any atom is -0.422 e. The van der Waals surface area contributed by atoms with Gasteiger partial charge in [0.2, 0.25) is 0 Å². The van der Waals surface area contributed by atoms with Crippen molar-refractivity contribution in [2.45, 2.75) is 77.7 Å². The Kier molecular flexibility index (Phi) is 17.3. The molecule has 0 N–H and O–H groups in total. The molecule has 0 aromatic rings. The van der Waals surface area contributed by atoms with Crippen molar-refractivity contribution in [1.29, 1.82) is 0 Å². The number of ether oxygens (including phenoxy) is 1. The molecule has 0 rings (SSSR count). The third-order valence-electron chi connectivity index (χ3n) is 3.22. The molecule has 0 unspecified atom stereocenters. The van der Waals surface area contributed by atoms with Crippen LogP contribution in [0.25, 0.3) is 0 Å². The summed E-state index contributed by atoms with van der Waals surface area (Å²) in [6.45, 7) is 6.71. The first-order valence-electron chi connectivity index (χ1n) is 8.07. The van der Waals surface area contributed by atoms with E-state index < -0.39 is 0 Å². The second-order valence-corrected chi connectivity index (χ2v) is 6.51. The smallest absolute Gasteiger partial charge is 0.161 e. The van der Waals surface area contributed by atoms with E-state index in [1.807, 2.05) is 6.92 Å². The van der Waals surface area contributed by atoms with E-state index in [0.29, 0.717) is 0 Å². The molecule has 18 heavy (non-hydrogen) atoms. The monoisotopic (exact) mass is 274 g/mol. The van der Waals surface area contributed by atoms with Crippen molar-refractivity contribution in [2.75, 3.05) is 19.8 Å². The predicted octanol–water partition coefficient (Wildman–Crippen LogP) is 4.07. The first-order chi connectivity index (χ1) is 8.91. The van der Waals surface area contributed by atoms with Gasteiger partial charge in [0.1, 0.15) is 0 Å². The molecule has 0 aromatic heterocycles. The average Bonchev–Trinajstić information content (AvgIpc) is 2.39. The van der Waals surface area contributed by atoms with Gasteiger partial charge in [0.15, 0.2) is 9.76 Å². The van der Waals surface area contributed by atoms with Crippen LogP contribution in [0.5, 0.6) is 0 Å². The van der Waals surface area contributed by atoms with Crippen molar-refractivity contribution in [3.05, 3.63) is 0 Å². The Morgan fingerprint density at radius 3 is 1.94 bits per heavy atom. The molecular weight excluding hydrogens is 240 g/mol. The molecule has 110 valence electrons. The van der Waals surface area contributed by atoms with Gasteiger partial charge in [0.25, 0.3) is 0 Å². The molecule has 2 nitrogen and oxygen atoms in total. The first kappa shape index (κ1) is 18.1. The first-order valence-corrected chi connectivity index (χ1v) is 9.65. The third kappa shape index (κ3) is 16.1. The lowest BCUT2D eigenvalue weighted by molar-refractivity contribution is 0.112. The van der Waals surface area contributed by atoms with E-state index in [4.69, 9.17) is 9.16 Å². The van der Waals surface area contributed by atoms with Crippen molar-refractivity contribution in [2.24, 2.45) is 0 Å². The maximum atomic E-state index is 5.62. The lowest BCUT2D eigenvalue weighted by Crippen LogP contribution is -2.06. The van der Waals surface area contributed by atoms with E-state index in [2.05, 4.69) is 6.92 Å². The third-order valence-corrected chi connectivity index (χ3v) is 4.58. The van der Waals surface area contributed by atoms with E-state index in [1.165, 1.54) is 63.8 Å². The summed E-state index contributed by atoms with van der Waals surface area (Å²) in [4.78, 5) is 0. The van der Waals surface area contributed by atoms with E-state index in [0.717, 1.165) is 19.8 Å². The molecule has 0 saturated carbocycles. The molecule has 0 heterocycles. The van der Waals surface area contributed by atoms with Gasteiger partial charge < -0.3 is 9.16 Å². The van der Waals surface area contributed by atoms with Crippen LogP contribution >= 0.6 is 0 Å². The zero-order valence-electron chi connectivity index (χ0n) is 12.7. The lowest BCUT2D eigenvalue weighted by Gasteiger charge is -2.04. The molecule has 0 bridgehead atoms. The summed E-state index contributed by atoms with van der Waals surface area (Å²) in [5.41, 5.74) is 0. The van der Waals surface area contributed by atoms with E-state index in [-0.39, 0.29) is 9.76 Å². The van der Waals surface area contributed by atoms with Crippen LogP contribution in [0.15, 0.2) is 0 Å². The van der Waals surface area contributed by atoms with Gasteiger partial charge in [-0.05, 0) is 13.0 Å². The fourth-order valence-electron chi connectivity index (χ4n) is 2.06. The number of hydrogen-bond donors (Lipinski definition) is 0. The largest absolute Gasteiger partial charge is 0.422 e. The highest BCUT2D eigenvalue weighted by atomic mass is 28.2. The fourth-order valence-corrected chi connectivity index (χ4v) is 3.14. The normalized spacial score (nSPS) is 11.7. The maximum Gasteiger partial charge on any atom is 0.161 e. The van der Waals surface area contributed by atoms with Crippen LogP contribution in [0, 0.1) is 0 Å². The highest BCUT2D eigenvalue weighted by Crippen LogP contribution is 2.10. The van der Waals surface area contributed by atoms with Crippen LogP contribution in [0.4, 0.5) is 0 Å². The predicted molar refractivity (Wildman–Crippen MR) is 83.0 cm³/mol. The molecule has 0 spiro atoms. The van der Waals surface area contributed by atoms with Gasteiger partial charge in [-0.1, -0.05) is 64.7 Å². The van der Waals surface area contributed by atoms with Gasteiger partial charge in [0.05, 0.1) is 13.2 Å². The maximum absolute atomic E-state index is 5.62. The van der Waals surface area contributed by atoms with Gasteiger partial charge in [0, 0.05) is 6.61 Å². The molecule has 0 radical (unpaired) electrons. The van der Waals surface area contributed by atoms with Crippen molar-refractivity contribution in [1.82, 2.24) is 0 Å². The zero-order valence-corrected chi connectivity index (χ0v) is 14.1. The van der Waals surface area contributed by atoms with E-state index in [1.54, 1.807) is 0 Å². The molecule has 0 amide bonds. The molecule has 3 heteroatoms. The summed E-state index contributed by atoms with van der Waals surface area (Å²) in [7, 11) is -0.247. The molecule has 0 aliphatic carbocycles. The summed E-state index contributed by atoms with van der Waals surface area (Å²) < 4.78 is 10.9. The van der Waals surface area contributed by atoms with Crippen molar-refractivity contribution in [3.8, 4) is 0 Å². The van der Waals surface area contributed by atoms with Crippen LogP contribution in [0.3, 0.4) is 0 Å².